The van der Waals surface area contributed by atoms with Gasteiger partial charge in [-0.15, -0.1) is 11.8 Å². The summed E-state index contributed by atoms with van der Waals surface area (Å²) in [5.74, 6) is 0.960. The van der Waals surface area contributed by atoms with Gasteiger partial charge in [0.2, 0.25) is 0 Å². The van der Waals surface area contributed by atoms with Crippen molar-refractivity contribution in [1.82, 2.24) is 4.90 Å². The fraction of sp³-hybridized carbons (Fsp3) is 0.625. The number of rotatable bonds is 7. The molecular weight excluding hydrogens is 268 g/mol. The first-order valence-electron chi connectivity index (χ1n) is 7.58. The standard InChI is InChI=1S/C16H26N2OS/c17-14(13-20-16-7-2-1-3-8-16)9-11-18-10-5-4-6-15(18)12-19/h1-3,7-8,14-15,19H,4-6,9-13,17H2/t14-,15?/m1/s1. The third-order valence-electron chi connectivity index (χ3n) is 3.95. The number of piperidine rings is 1. The number of hydrogen-bond acceptors (Lipinski definition) is 4. The largest absolute Gasteiger partial charge is 0.395 e. The maximum atomic E-state index is 9.40. The summed E-state index contributed by atoms with van der Waals surface area (Å²) in [5.41, 5.74) is 6.22. The van der Waals surface area contributed by atoms with E-state index in [9.17, 15) is 5.11 Å². The second-order valence-electron chi connectivity index (χ2n) is 5.54. The Kier molecular flexibility index (Phi) is 6.87. The van der Waals surface area contributed by atoms with Crippen LogP contribution in [-0.2, 0) is 0 Å². The average Bonchev–Trinajstić information content (AvgIpc) is 2.52. The number of aliphatic hydroxyl groups excluding tert-OH is 1. The molecule has 0 bridgehead atoms. The molecule has 1 fully saturated rings. The molecule has 3 nitrogen and oxygen atoms in total. The first-order valence-corrected chi connectivity index (χ1v) is 8.56. The highest BCUT2D eigenvalue weighted by Crippen LogP contribution is 2.20. The van der Waals surface area contributed by atoms with Gasteiger partial charge in [0.1, 0.15) is 0 Å². The number of thioether (sulfide) groups is 1. The molecule has 4 heteroatoms. The summed E-state index contributed by atoms with van der Waals surface area (Å²) in [6, 6.07) is 11.0. The van der Waals surface area contributed by atoms with Gasteiger partial charge in [-0.05, 0) is 37.9 Å². The maximum absolute atomic E-state index is 9.40. The molecule has 0 spiro atoms. The zero-order chi connectivity index (χ0) is 14.2. The number of hydrogen-bond donors (Lipinski definition) is 2. The highest BCUT2D eigenvalue weighted by molar-refractivity contribution is 7.99. The normalized spacial score (nSPS) is 21.8. The Hall–Kier alpha value is -0.550. The van der Waals surface area contributed by atoms with Gasteiger partial charge in [-0.3, -0.25) is 4.90 Å². The van der Waals surface area contributed by atoms with Gasteiger partial charge in [0.05, 0.1) is 6.61 Å². The van der Waals surface area contributed by atoms with E-state index in [0.717, 1.165) is 31.7 Å². The van der Waals surface area contributed by atoms with Crippen LogP contribution in [0.4, 0.5) is 0 Å². The molecule has 1 saturated heterocycles. The van der Waals surface area contributed by atoms with Crippen LogP contribution in [0.15, 0.2) is 35.2 Å². The quantitative estimate of drug-likeness (QED) is 0.758. The minimum Gasteiger partial charge on any atom is -0.395 e. The van der Waals surface area contributed by atoms with Crippen molar-refractivity contribution < 1.29 is 5.11 Å². The molecule has 1 unspecified atom stereocenters. The van der Waals surface area contributed by atoms with Crippen molar-refractivity contribution in [1.29, 1.82) is 0 Å². The molecule has 1 aromatic rings. The minimum absolute atomic E-state index is 0.224. The van der Waals surface area contributed by atoms with E-state index < -0.39 is 0 Å². The van der Waals surface area contributed by atoms with Crippen LogP contribution < -0.4 is 5.73 Å². The number of nitrogens with two attached hydrogens (primary N) is 1. The monoisotopic (exact) mass is 294 g/mol. The molecule has 20 heavy (non-hydrogen) atoms. The van der Waals surface area contributed by atoms with Gasteiger partial charge in [0, 0.05) is 29.3 Å². The van der Waals surface area contributed by atoms with Gasteiger partial charge >= 0.3 is 0 Å². The van der Waals surface area contributed by atoms with Crippen molar-refractivity contribution in [3.05, 3.63) is 30.3 Å². The Bertz CT molecular complexity index is 374. The zero-order valence-corrected chi connectivity index (χ0v) is 12.9. The summed E-state index contributed by atoms with van der Waals surface area (Å²) in [6.45, 7) is 2.42. The van der Waals surface area contributed by atoms with Gasteiger partial charge in [0.15, 0.2) is 0 Å². The Labute approximate surface area is 126 Å². The number of nitrogens with zero attached hydrogens (tertiary/aromatic N) is 1. The number of aliphatic hydroxyl groups is 1. The van der Waals surface area contributed by atoms with E-state index in [4.69, 9.17) is 5.73 Å². The summed E-state index contributed by atoms with van der Waals surface area (Å²) >= 11 is 1.83. The smallest absolute Gasteiger partial charge is 0.0586 e. The predicted molar refractivity (Wildman–Crippen MR) is 86.1 cm³/mol. The van der Waals surface area contributed by atoms with Crippen LogP contribution in [0, 0.1) is 0 Å². The van der Waals surface area contributed by atoms with Gasteiger partial charge < -0.3 is 10.8 Å². The van der Waals surface area contributed by atoms with Crippen LogP contribution in [0.2, 0.25) is 0 Å². The highest BCUT2D eigenvalue weighted by atomic mass is 32.2. The highest BCUT2D eigenvalue weighted by Gasteiger charge is 2.21. The van der Waals surface area contributed by atoms with Crippen molar-refractivity contribution in [2.75, 3.05) is 25.4 Å². The first kappa shape index (κ1) is 15.8. The molecule has 1 heterocycles. The Morgan fingerprint density at radius 3 is 2.85 bits per heavy atom. The number of likely N-dealkylation sites (tertiary alicyclic amines) is 1. The Balaban J connectivity index is 1.67. The van der Waals surface area contributed by atoms with Crippen molar-refractivity contribution in [2.45, 2.75) is 42.7 Å². The zero-order valence-electron chi connectivity index (χ0n) is 12.1. The SMILES string of the molecule is N[C@H](CCN1CCCCC1CO)CSc1ccccc1. The van der Waals surface area contributed by atoms with Crippen LogP contribution in [0.25, 0.3) is 0 Å². The molecule has 112 valence electrons. The molecule has 1 aliphatic rings. The lowest BCUT2D eigenvalue weighted by Gasteiger charge is -2.35. The van der Waals surface area contributed by atoms with Gasteiger partial charge in [-0.1, -0.05) is 24.6 Å². The van der Waals surface area contributed by atoms with Crippen molar-refractivity contribution in [3.63, 3.8) is 0 Å². The third-order valence-corrected chi connectivity index (χ3v) is 5.15. The van der Waals surface area contributed by atoms with Crippen LogP contribution >= 0.6 is 11.8 Å². The second kappa shape index (κ2) is 8.67. The van der Waals surface area contributed by atoms with E-state index in [0.29, 0.717) is 6.04 Å². The molecule has 1 aliphatic heterocycles. The van der Waals surface area contributed by atoms with Crippen LogP contribution in [0.5, 0.6) is 0 Å². The third kappa shape index (κ3) is 5.09. The lowest BCUT2D eigenvalue weighted by Crippen LogP contribution is -2.43. The fourth-order valence-electron chi connectivity index (χ4n) is 2.70. The maximum Gasteiger partial charge on any atom is 0.0586 e. The van der Waals surface area contributed by atoms with E-state index >= 15 is 0 Å². The molecule has 0 saturated carbocycles. The van der Waals surface area contributed by atoms with Gasteiger partial charge in [-0.2, -0.15) is 0 Å². The van der Waals surface area contributed by atoms with Crippen molar-refractivity contribution >= 4 is 11.8 Å². The molecule has 0 aliphatic carbocycles. The lowest BCUT2D eigenvalue weighted by atomic mass is 10.0. The van der Waals surface area contributed by atoms with Crippen molar-refractivity contribution in [2.24, 2.45) is 5.73 Å². The summed E-state index contributed by atoms with van der Waals surface area (Å²) in [7, 11) is 0. The molecular formula is C16H26N2OS. The topological polar surface area (TPSA) is 49.5 Å². The molecule has 0 aromatic heterocycles. The fourth-order valence-corrected chi connectivity index (χ4v) is 3.62. The number of benzene rings is 1. The van der Waals surface area contributed by atoms with Gasteiger partial charge in [0.25, 0.3) is 0 Å². The average molecular weight is 294 g/mol. The van der Waals surface area contributed by atoms with Crippen LogP contribution in [0.3, 0.4) is 0 Å². The van der Waals surface area contributed by atoms with E-state index in [2.05, 4.69) is 29.2 Å². The predicted octanol–water partition coefficient (Wildman–Crippen LogP) is 2.34. The Morgan fingerprint density at radius 2 is 2.10 bits per heavy atom. The van der Waals surface area contributed by atoms with Crippen LogP contribution in [-0.4, -0.2) is 47.5 Å². The molecule has 0 amide bonds. The second-order valence-corrected chi connectivity index (χ2v) is 6.63. The van der Waals surface area contributed by atoms with E-state index in [1.54, 1.807) is 0 Å². The summed E-state index contributed by atoms with van der Waals surface area (Å²) < 4.78 is 0. The van der Waals surface area contributed by atoms with E-state index in [1.165, 1.54) is 17.7 Å². The summed E-state index contributed by atoms with van der Waals surface area (Å²) in [5, 5.41) is 9.40. The minimum atomic E-state index is 0.224. The summed E-state index contributed by atoms with van der Waals surface area (Å²) in [4.78, 5) is 3.70. The first-order chi connectivity index (χ1) is 9.79. The molecule has 1 aromatic carbocycles. The molecule has 0 radical (unpaired) electrons. The van der Waals surface area contributed by atoms with E-state index in [-0.39, 0.29) is 12.6 Å². The summed E-state index contributed by atoms with van der Waals surface area (Å²) in [6.07, 6.45) is 4.64. The molecule has 2 rings (SSSR count). The molecule has 3 N–H and O–H groups in total. The van der Waals surface area contributed by atoms with Crippen LogP contribution in [0.1, 0.15) is 25.7 Å². The molecule has 2 atom stereocenters. The van der Waals surface area contributed by atoms with Crippen molar-refractivity contribution in [3.8, 4) is 0 Å². The lowest BCUT2D eigenvalue weighted by molar-refractivity contribution is 0.0881. The van der Waals surface area contributed by atoms with Gasteiger partial charge in [-0.25, -0.2) is 0 Å². The Morgan fingerprint density at radius 1 is 1.30 bits per heavy atom. The van der Waals surface area contributed by atoms with E-state index in [1.807, 2.05) is 17.8 Å².